The Hall–Kier alpha value is -1.30. The van der Waals surface area contributed by atoms with Crippen molar-refractivity contribution in [2.24, 2.45) is 11.1 Å². The van der Waals surface area contributed by atoms with Gasteiger partial charge in [-0.15, -0.1) is 0 Å². The molecule has 0 bridgehead atoms. The zero-order valence-corrected chi connectivity index (χ0v) is 8.04. The molecule has 1 fully saturated rings. The van der Waals surface area contributed by atoms with Crippen LogP contribution in [0.4, 0.5) is 0 Å². The SMILES string of the molecule is CNC(CC1CC1)C(=O)C(=O)NN=N. The number of carbonyl (C=O) groups is 2. The fourth-order valence-electron chi connectivity index (χ4n) is 1.31. The normalized spacial score (nSPS) is 17.2. The fourth-order valence-corrected chi connectivity index (χ4v) is 1.31. The first-order valence-electron chi connectivity index (χ1n) is 4.57. The van der Waals surface area contributed by atoms with Crippen molar-refractivity contribution in [3.63, 3.8) is 0 Å². The molecule has 0 aromatic carbocycles. The number of nitrogens with zero attached hydrogens (tertiary/aromatic N) is 1. The molecule has 0 aliphatic heterocycles. The summed E-state index contributed by atoms with van der Waals surface area (Å²) in [5.41, 5.74) is 8.22. The predicted octanol–water partition coefficient (Wildman–Crippen LogP) is 0.00577. The maximum absolute atomic E-state index is 11.4. The number of hydrogen-bond donors (Lipinski definition) is 3. The second-order valence-electron chi connectivity index (χ2n) is 3.44. The molecule has 1 amide bonds. The van der Waals surface area contributed by atoms with Crippen molar-refractivity contribution in [3.05, 3.63) is 0 Å². The van der Waals surface area contributed by atoms with E-state index in [0.29, 0.717) is 12.3 Å². The highest BCUT2D eigenvalue weighted by Crippen LogP contribution is 2.33. The molecule has 14 heavy (non-hydrogen) atoms. The summed E-state index contributed by atoms with van der Waals surface area (Å²) < 4.78 is 0. The third-order valence-electron chi connectivity index (χ3n) is 2.31. The molecule has 6 nitrogen and oxygen atoms in total. The lowest BCUT2D eigenvalue weighted by molar-refractivity contribution is -0.139. The minimum absolute atomic E-state index is 0.441. The number of Topliss-reactive ketones (excluding diaryl/α,β-unsaturated/α-hetero) is 1. The molecule has 1 aliphatic carbocycles. The molecule has 1 unspecified atom stereocenters. The molecule has 0 saturated heterocycles. The molecule has 0 aromatic rings. The first-order valence-corrected chi connectivity index (χ1v) is 4.57. The van der Waals surface area contributed by atoms with Crippen LogP contribution in [0.2, 0.25) is 0 Å². The molecule has 0 aromatic heterocycles. The first-order chi connectivity index (χ1) is 6.69. The summed E-state index contributed by atoms with van der Waals surface area (Å²) in [6.45, 7) is 0. The van der Waals surface area contributed by atoms with Gasteiger partial charge in [-0.25, -0.2) is 5.43 Å². The van der Waals surface area contributed by atoms with Crippen LogP contribution in [0.3, 0.4) is 0 Å². The van der Waals surface area contributed by atoms with Crippen LogP contribution in [0.15, 0.2) is 5.22 Å². The number of amides is 1. The molecule has 1 saturated carbocycles. The van der Waals surface area contributed by atoms with Gasteiger partial charge in [0.15, 0.2) is 0 Å². The molecule has 1 atom stereocenters. The van der Waals surface area contributed by atoms with E-state index in [0.717, 1.165) is 12.8 Å². The van der Waals surface area contributed by atoms with Crippen LogP contribution in [0.5, 0.6) is 0 Å². The molecule has 78 valence electrons. The molecular formula is C8H14N4O2. The summed E-state index contributed by atoms with van der Waals surface area (Å²) in [6.07, 6.45) is 2.96. The van der Waals surface area contributed by atoms with E-state index in [9.17, 15) is 9.59 Å². The topological polar surface area (TPSA) is 94.4 Å². The van der Waals surface area contributed by atoms with E-state index >= 15 is 0 Å². The molecule has 0 radical (unpaired) electrons. The Labute approximate surface area is 81.9 Å². The quantitative estimate of drug-likeness (QED) is 0.318. The molecule has 0 spiro atoms. The van der Waals surface area contributed by atoms with Crippen molar-refractivity contribution < 1.29 is 9.59 Å². The monoisotopic (exact) mass is 198 g/mol. The fraction of sp³-hybridized carbons (Fsp3) is 0.750. The Balaban J connectivity index is 2.44. The maximum Gasteiger partial charge on any atom is 0.310 e. The van der Waals surface area contributed by atoms with Gasteiger partial charge in [0.05, 0.1) is 6.04 Å². The van der Waals surface area contributed by atoms with Gasteiger partial charge in [-0.1, -0.05) is 18.1 Å². The molecule has 3 N–H and O–H groups in total. The summed E-state index contributed by atoms with van der Waals surface area (Å²) in [6, 6.07) is -0.441. The van der Waals surface area contributed by atoms with Gasteiger partial charge in [0, 0.05) is 0 Å². The summed E-state index contributed by atoms with van der Waals surface area (Å²) in [5.74, 6) is -0.799. The highest BCUT2D eigenvalue weighted by atomic mass is 16.2. The third kappa shape index (κ3) is 2.88. The van der Waals surface area contributed by atoms with Crippen molar-refractivity contribution in [1.29, 1.82) is 5.53 Å². The van der Waals surface area contributed by atoms with E-state index in [2.05, 4.69) is 10.5 Å². The maximum atomic E-state index is 11.4. The van der Waals surface area contributed by atoms with Crippen LogP contribution < -0.4 is 10.7 Å². The number of hydrogen-bond acceptors (Lipinski definition) is 5. The lowest BCUT2D eigenvalue weighted by atomic mass is 10.1. The van der Waals surface area contributed by atoms with Gasteiger partial charge in [0.2, 0.25) is 5.78 Å². The van der Waals surface area contributed by atoms with E-state index in [1.807, 2.05) is 5.43 Å². The number of nitrogens with one attached hydrogen (secondary N) is 3. The van der Waals surface area contributed by atoms with Gasteiger partial charge < -0.3 is 5.32 Å². The van der Waals surface area contributed by atoms with Gasteiger partial charge in [0.1, 0.15) is 0 Å². The molecule has 6 heteroatoms. The number of carbonyl (C=O) groups excluding carboxylic acids is 2. The largest absolute Gasteiger partial charge is 0.310 e. The lowest BCUT2D eigenvalue weighted by Crippen LogP contribution is -2.42. The molecule has 0 heterocycles. The third-order valence-corrected chi connectivity index (χ3v) is 2.31. The summed E-state index contributed by atoms with van der Waals surface area (Å²) >= 11 is 0. The number of ketones is 1. The van der Waals surface area contributed by atoms with Crippen LogP contribution >= 0.6 is 0 Å². The second-order valence-corrected chi connectivity index (χ2v) is 3.44. The Kier molecular flexibility index (Phi) is 3.70. The average Bonchev–Trinajstić information content (AvgIpc) is 2.97. The second kappa shape index (κ2) is 4.80. The van der Waals surface area contributed by atoms with Gasteiger partial charge >= 0.3 is 5.91 Å². The van der Waals surface area contributed by atoms with Gasteiger partial charge in [-0.3, -0.25) is 9.59 Å². The summed E-state index contributed by atoms with van der Waals surface area (Å²) in [7, 11) is 1.65. The van der Waals surface area contributed by atoms with Crippen LogP contribution in [-0.4, -0.2) is 24.8 Å². The van der Waals surface area contributed by atoms with Crippen LogP contribution in [-0.2, 0) is 9.59 Å². The summed E-state index contributed by atoms with van der Waals surface area (Å²) in [5, 5.41) is 5.47. The highest BCUT2D eigenvalue weighted by molar-refractivity contribution is 6.38. The Bertz CT molecular complexity index is 250. The van der Waals surface area contributed by atoms with Crippen molar-refractivity contribution in [2.45, 2.75) is 25.3 Å². The smallest absolute Gasteiger partial charge is 0.310 e. The standard InChI is InChI=1S/C8H14N4O2/c1-10-6(4-5-2-3-5)7(13)8(14)11-12-9/h5-6,10H,2-4H2,1H3,(H2,9,11,14). The minimum Gasteiger partial charge on any atom is -0.310 e. The van der Waals surface area contributed by atoms with E-state index < -0.39 is 17.7 Å². The molecule has 1 rings (SSSR count). The van der Waals surface area contributed by atoms with Crippen molar-refractivity contribution in [2.75, 3.05) is 7.05 Å². The first kappa shape index (κ1) is 10.8. The van der Waals surface area contributed by atoms with Crippen molar-refractivity contribution >= 4 is 11.7 Å². The zero-order valence-electron chi connectivity index (χ0n) is 8.04. The highest BCUT2D eigenvalue weighted by Gasteiger charge is 2.31. The van der Waals surface area contributed by atoms with Crippen LogP contribution in [0.25, 0.3) is 0 Å². The zero-order chi connectivity index (χ0) is 10.6. The van der Waals surface area contributed by atoms with Gasteiger partial charge in [-0.2, -0.15) is 5.53 Å². The lowest BCUT2D eigenvalue weighted by Gasteiger charge is -2.12. The van der Waals surface area contributed by atoms with Crippen LogP contribution in [0.1, 0.15) is 19.3 Å². The summed E-state index contributed by atoms with van der Waals surface area (Å²) in [4.78, 5) is 22.4. The Morgan fingerprint density at radius 3 is 2.64 bits per heavy atom. The Morgan fingerprint density at radius 2 is 2.21 bits per heavy atom. The van der Waals surface area contributed by atoms with E-state index in [4.69, 9.17) is 5.53 Å². The van der Waals surface area contributed by atoms with Crippen LogP contribution in [0, 0.1) is 11.4 Å². The van der Waals surface area contributed by atoms with Gasteiger partial charge in [0.25, 0.3) is 0 Å². The van der Waals surface area contributed by atoms with Crippen molar-refractivity contribution in [1.82, 2.24) is 10.7 Å². The van der Waals surface area contributed by atoms with E-state index in [1.165, 1.54) is 0 Å². The van der Waals surface area contributed by atoms with Crippen molar-refractivity contribution in [3.8, 4) is 0 Å². The van der Waals surface area contributed by atoms with E-state index in [1.54, 1.807) is 7.05 Å². The molecule has 1 aliphatic rings. The minimum atomic E-state index is -0.819. The number of rotatable bonds is 6. The van der Waals surface area contributed by atoms with Gasteiger partial charge in [-0.05, 0) is 19.4 Å². The van der Waals surface area contributed by atoms with E-state index in [-0.39, 0.29) is 0 Å². The number of likely N-dealkylation sites (N-methyl/N-ethyl adjacent to an activating group) is 1. The predicted molar refractivity (Wildman–Crippen MR) is 48.5 cm³/mol. The average molecular weight is 198 g/mol. The molecular weight excluding hydrogens is 184 g/mol. The Morgan fingerprint density at radius 1 is 1.57 bits per heavy atom.